The van der Waals surface area contributed by atoms with Crippen molar-refractivity contribution in [2.24, 2.45) is 5.41 Å². The molecule has 0 amide bonds. The average molecular weight is 168 g/mol. The topological polar surface area (TPSA) is 24.1 Å². The van der Waals surface area contributed by atoms with E-state index in [1.54, 1.807) is 0 Å². The van der Waals surface area contributed by atoms with Crippen LogP contribution in [0.25, 0.3) is 0 Å². The lowest BCUT2D eigenvalue weighted by molar-refractivity contribution is 0.220. The first-order chi connectivity index (χ1) is 5.79. The molecule has 0 unspecified atom stereocenters. The first-order valence-electron chi connectivity index (χ1n) is 5.23. The van der Waals surface area contributed by atoms with Crippen LogP contribution in [0, 0.1) is 5.41 Å². The van der Waals surface area contributed by atoms with E-state index in [0.717, 1.165) is 6.04 Å². The fourth-order valence-corrected chi connectivity index (χ4v) is 1.89. The Hall–Kier alpha value is -0.0800. The Balaban J connectivity index is 1.73. The van der Waals surface area contributed by atoms with E-state index in [2.05, 4.69) is 17.6 Å². The van der Waals surface area contributed by atoms with Gasteiger partial charge in [-0.05, 0) is 44.2 Å². The van der Waals surface area contributed by atoms with E-state index >= 15 is 0 Å². The van der Waals surface area contributed by atoms with Crippen molar-refractivity contribution in [3.63, 3.8) is 0 Å². The molecule has 0 radical (unpaired) electrons. The Kier molecular flexibility index (Phi) is 2.37. The zero-order valence-corrected chi connectivity index (χ0v) is 8.03. The predicted molar refractivity (Wildman–Crippen MR) is 51.2 cm³/mol. The molecule has 1 aliphatic heterocycles. The normalized spacial score (nSPS) is 28.8. The van der Waals surface area contributed by atoms with Gasteiger partial charge in [0.15, 0.2) is 0 Å². The van der Waals surface area contributed by atoms with Crippen LogP contribution in [0.3, 0.4) is 0 Å². The molecule has 1 saturated carbocycles. The summed E-state index contributed by atoms with van der Waals surface area (Å²) in [6.07, 6.45) is 5.50. The number of hydrogen-bond donors (Lipinski definition) is 2. The maximum absolute atomic E-state index is 3.64. The Morgan fingerprint density at radius 2 is 2.00 bits per heavy atom. The highest BCUT2D eigenvalue weighted by atomic mass is 15.0. The third-order valence-electron chi connectivity index (χ3n) is 3.21. The molecule has 2 heteroatoms. The lowest BCUT2D eigenvalue weighted by Crippen LogP contribution is -2.41. The van der Waals surface area contributed by atoms with Crippen LogP contribution in [0.2, 0.25) is 0 Å². The summed E-state index contributed by atoms with van der Waals surface area (Å²) in [5.74, 6) is 0. The Labute approximate surface area is 75.1 Å². The van der Waals surface area contributed by atoms with Crippen molar-refractivity contribution in [1.29, 1.82) is 0 Å². The first kappa shape index (κ1) is 8.52. The quantitative estimate of drug-likeness (QED) is 0.660. The number of hydrogen-bond acceptors (Lipinski definition) is 2. The van der Waals surface area contributed by atoms with Gasteiger partial charge in [-0.25, -0.2) is 0 Å². The molecule has 0 spiro atoms. The van der Waals surface area contributed by atoms with Gasteiger partial charge in [-0.2, -0.15) is 0 Å². The van der Waals surface area contributed by atoms with Crippen LogP contribution < -0.4 is 10.6 Å². The van der Waals surface area contributed by atoms with Gasteiger partial charge in [0.1, 0.15) is 0 Å². The van der Waals surface area contributed by atoms with Crippen LogP contribution in [0.5, 0.6) is 0 Å². The molecule has 12 heavy (non-hydrogen) atoms. The van der Waals surface area contributed by atoms with Gasteiger partial charge >= 0.3 is 0 Å². The van der Waals surface area contributed by atoms with E-state index in [9.17, 15) is 0 Å². The van der Waals surface area contributed by atoms with Gasteiger partial charge in [0.2, 0.25) is 0 Å². The summed E-state index contributed by atoms with van der Waals surface area (Å²) in [5.41, 5.74) is 0.577. The fourth-order valence-electron chi connectivity index (χ4n) is 1.89. The molecule has 0 aromatic carbocycles. The van der Waals surface area contributed by atoms with Gasteiger partial charge in [-0.1, -0.05) is 6.92 Å². The van der Waals surface area contributed by atoms with Crippen LogP contribution in [-0.4, -0.2) is 25.7 Å². The number of rotatable bonds is 3. The van der Waals surface area contributed by atoms with Gasteiger partial charge < -0.3 is 10.6 Å². The van der Waals surface area contributed by atoms with Gasteiger partial charge in [-0.15, -0.1) is 0 Å². The monoisotopic (exact) mass is 168 g/mol. The summed E-state index contributed by atoms with van der Waals surface area (Å²) in [4.78, 5) is 0. The molecular formula is C10H20N2. The van der Waals surface area contributed by atoms with E-state index in [4.69, 9.17) is 0 Å². The minimum absolute atomic E-state index is 0.577. The second-order valence-electron chi connectivity index (χ2n) is 4.72. The Morgan fingerprint density at radius 1 is 1.33 bits per heavy atom. The van der Waals surface area contributed by atoms with Crippen molar-refractivity contribution < 1.29 is 0 Å². The van der Waals surface area contributed by atoms with E-state index in [0.29, 0.717) is 5.41 Å². The highest BCUT2D eigenvalue weighted by Gasteiger charge is 2.29. The molecule has 2 fully saturated rings. The smallest absolute Gasteiger partial charge is 0.00684 e. The fraction of sp³-hybridized carbons (Fsp3) is 1.00. The molecule has 1 aliphatic carbocycles. The molecule has 2 aliphatic rings. The molecule has 0 aromatic heterocycles. The predicted octanol–water partition coefficient (Wildman–Crippen LogP) is 1.13. The Morgan fingerprint density at radius 3 is 2.58 bits per heavy atom. The summed E-state index contributed by atoms with van der Waals surface area (Å²) in [5, 5.41) is 7.05. The van der Waals surface area contributed by atoms with E-state index in [1.165, 1.54) is 45.3 Å². The molecular weight excluding hydrogens is 148 g/mol. The number of nitrogens with one attached hydrogen (secondary N) is 2. The van der Waals surface area contributed by atoms with Crippen LogP contribution in [0.15, 0.2) is 0 Å². The Bertz CT molecular complexity index is 146. The molecule has 2 N–H and O–H groups in total. The van der Waals surface area contributed by atoms with Gasteiger partial charge in [0, 0.05) is 12.6 Å². The van der Waals surface area contributed by atoms with E-state index in [-0.39, 0.29) is 0 Å². The third kappa shape index (κ3) is 2.20. The maximum atomic E-state index is 3.64. The van der Waals surface area contributed by atoms with Gasteiger partial charge in [0.25, 0.3) is 0 Å². The van der Waals surface area contributed by atoms with Crippen molar-refractivity contribution in [1.82, 2.24) is 10.6 Å². The van der Waals surface area contributed by atoms with Gasteiger partial charge in [0.05, 0.1) is 0 Å². The van der Waals surface area contributed by atoms with E-state index in [1.807, 2.05) is 0 Å². The molecule has 70 valence electrons. The minimum Gasteiger partial charge on any atom is -0.317 e. The largest absolute Gasteiger partial charge is 0.317 e. The van der Waals surface area contributed by atoms with Crippen LogP contribution in [0.4, 0.5) is 0 Å². The molecule has 2 rings (SSSR count). The molecule has 2 nitrogen and oxygen atoms in total. The minimum atomic E-state index is 0.577. The van der Waals surface area contributed by atoms with E-state index < -0.39 is 0 Å². The standard InChI is InChI=1S/C10H20N2/c1-10(4-6-11-7-5-10)8-12-9-2-3-9/h9,11-12H,2-8H2,1H3. The highest BCUT2D eigenvalue weighted by Crippen LogP contribution is 2.28. The lowest BCUT2D eigenvalue weighted by Gasteiger charge is -2.34. The SMILES string of the molecule is CC1(CNC2CC2)CCNCC1. The highest BCUT2D eigenvalue weighted by molar-refractivity contribution is 4.87. The zero-order chi connectivity index (χ0) is 8.44. The maximum Gasteiger partial charge on any atom is 0.00684 e. The third-order valence-corrected chi connectivity index (χ3v) is 3.21. The summed E-state index contributed by atoms with van der Waals surface area (Å²) in [6, 6.07) is 0.872. The molecule has 0 atom stereocenters. The number of piperidine rings is 1. The van der Waals surface area contributed by atoms with Crippen LogP contribution >= 0.6 is 0 Å². The summed E-state index contributed by atoms with van der Waals surface area (Å²) >= 11 is 0. The van der Waals surface area contributed by atoms with Crippen molar-refractivity contribution in [2.75, 3.05) is 19.6 Å². The summed E-state index contributed by atoms with van der Waals surface area (Å²) in [7, 11) is 0. The van der Waals surface area contributed by atoms with Crippen molar-refractivity contribution in [2.45, 2.75) is 38.6 Å². The van der Waals surface area contributed by atoms with Crippen LogP contribution in [0.1, 0.15) is 32.6 Å². The summed E-state index contributed by atoms with van der Waals surface area (Å²) < 4.78 is 0. The molecule has 0 bridgehead atoms. The molecule has 0 aromatic rings. The zero-order valence-electron chi connectivity index (χ0n) is 8.03. The van der Waals surface area contributed by atoms with Crippen molar-refractivity contribution in [3.05, 3.63) is 0 Å². The average Bonchev–Trinajstić information content (AvgIpc) is 2.85. The summed E-state index contributed by atoms with van der Waals surface area (Å²) in [6.45, 7) is 6.08. The van der Waals surface area contributed by atoms with Crippen LogP contribution in [-0.2, 0) is 0 Å². The van der Waals surface area contributed by atoms with Crippen molar-refractivity contribution in [3.8, 4) is 0 Å². The molecule has 1 saturated heterocycles. The lowest BCUT2D eigenvalue weighted by atomic mass is 9.81. The second-order valence-corrected chi connectivity index (χ2v) is 4.72. The second kappa shape index (κ2) is 3.35. The first-order valence-corrected chi connectivity index (χ1v) is 5.23. The van der Waals surface area contributed by atoms with Crippen molar-refractivity contribution >= 4 is 0 Å². The van der Waals surface area contributed by atoms with Gasteiger partial charge in [-0.3, -0.25) is 0 Å². The molecule has 1 heterocycles.